The molecule has 0 fully saturated rings. The molecule has 2 heterocycles. The summed E-state index contributed by atoms with van der Waals surface area (Å²) in [7, 11) is 0. The van der Waals surface area contributed by atoms with Crippen molar-refractivity contribution in [2.75, 3.05) is 0 Å². The van der Waals surface area contributed by atoms with E-state index in [9.17, 15) is 0 Å². The first kappa shape index (κ1) is 32.2. The monoisotopic (exact) mass is 703 g/mol. The Labute approximate surface area is 319 Å². The largest absolute Gasteiger partial charge is 0.456 e. The zero-order valence-corrected chi connectivity index (χ0v) is 29.8. The molecule has 0 amide bonds. The summed E-state index contributed by atoms with van der Waals surface area (Å²) in [6.07, 6.45) is 0. The van der Waals surface area contributed by atoms with Gasteiger partial charge >= 0.3 is 0 Å². The molecular formula is C51H33N3O. The molecule has 10 aromatic rings. The van der Waals surface area contributed by atoms with E-state index in [0.717, 1.165) is 72.0 Å². The van der Waals surface area contributed by atoms with Crippen LogP contribution in [0.5, 0.6) is 0 Å². The predicted octanol–water partition coefficient (Wildman–Crippen LogP) is 13.4. The summed E-state index contributed by atoms with van der Waals surface area (Å²) < 4.78 is 6.50. The molecule has 0 saturated heterocycles. The van der Waals surface area contributed by atoms with Crippen molar-refractivity contribution in [2.24, 2.45) is 0 Å². The van der Waals surface area contributed by atoms with E-state index in [1.807, 2.05) is 36.4 Å². The number of nitrogens with zero attached hydrogens (tertiary/aromatic N) is 3. The van der Waals surface area contributed by atoms with Gasteiger partial charge in [0, 0.05) is 27.5 Å². The fourth-order valence-corrected chi connectivity index (χ4v) is 7.45. The molecule has 0 aliphatic carbocycles. The summed E-state index contributed by atoms with van der Waals surface area (Å²) >= 11 is 0. The molecule has 0 aliphatic rings. The van der Waals surface area contributed by atoms with Crippen molar-refractivity contribution in [2.45, 2.75) is 0 Å². The lowest BCUT2D eigenvalue weighted by molar-refractivity contribution is 0.669. The van der Waals surface area contributed by atoms with Gasteiger partial charge in [-0.25, -0.2) is 15.0 Å². The zero-order valence-electron chi connectivity index (χ0n) is 29.8. The Morgan fingerprint density at radius 3 is 1.44 bits per heavy atom. The normalized spacial score (nSPS) is 11.3. The Kier molecular flexibility index (Phi) is 8.12. The van der Waals surface area contributed by atoms with Gasteiger partial charge in [0.15, 0.2) is 17.5 Å². The molecule has 0 atom stereocenters. The fourth-order valence-electron chi connectivity index (χ4n) is 7.45. The van der Waals surface area contributed by atoms with Crippen LogP contribution in [0.3, 0.4) is 0 Å². The minimum Gasteiger partial charge on any atom is -0.456 e. The fraction of sp³-hybridized carbons (Fsp3) is 0. The van der Waals surface area contributed by atoms with Gasteiger partial charge in [-0.05, 0) is 68.8 Å². The van der Waals surface area contributed by atoms with Gasteiger partial charge in [-0.15, -0.1) is 0 Å². The van der Waals surface area contributed by atoms with Crippen LogP contribution >= 0.6 is 0 Å². The molecule has 0 unspecified atom stereocenters. The van der Waals surface area contributed by atoms with E-state index < -0.39 is 0 Å². The van der Waals surface area contributed by atoms with E-state index in [2.05, 4.69) is 164 Å². The van der Waals surface area contributed by atoms with Gasteiger partial charge in [-0.3, -0.25) is 0 Å². The molecule has 2 aromatic heterocycles. The van der Waals surface area contributed by atoms with E-state index >= 15 is 0 Å². The van der Waals surface area contributed by atoms with Crippen LogP contribution in [0.1, 0.15) is 0 Å². The lowest BCUT2D eigenvalue weighted by Gasteiger charge is -2.12. The first-order valence-corrected chi connectivity index (χ1v) is 18.4. The maximum absolute atomic E-state index is 6.50. The van der Waals surface area contributed by atoms with Gasteiger partial charge in [0.25, 0.3) is 0 Å². The predicted molar refractivity (Wildman–Crippen MR) is 225 cm³/mol. The summed E-state index contributed by atoms with van der Waals surface area (Å²) in [6, 6.07) is 69.2. The number of hydrogen-bond donors (Lipinski definition) is 0. The smallest absolute Gasteiger partial charge is 0.164 e. The van der Waals surface area contributed by atoms with E-state index in [4.69, 9.17) is 19.4 Å². The van der Waals surface area contributed by atoms with Gasteiger partial charge < -0.3 is 4.42 Å². The first-order valence-electron chi connectivity index (χ1n) is 18.4. The number of fused-ring (bicyclic) bond motifs is 3. The molecule has 4 nitrogen and oxygen atoms in total. The van der Waals surface area contributed by atoms with Crippen LogP contribution < -0.4 is 0 Å². The van der Waals surface area contributed by atoms with E-state index in [0.29, 0.717) is 17.5 Å². The van der Waals surface area contributed by atoms with Gasteiger partial charge in [0.05, 0.1) is 0 Å². The molecule has 10 rings (SSSR count). The molecule has 258 valence electrons. The first-order chi connectivity index (χ1) is 27.2. The number of furan rings is 1. The van der Waals surface area contributed by atoms with E-state index in [1.165, 1.54) is 11.1 Å². The number of aromatic nitrogens is 3. The van der Waals surface area contributed by atoms with Crippen LogP contribution in [-0.4, -0.2) is 15.0 Å². The highest BCUT2D eigenvalue weighted by atomic mass is 16.3. The van der Waals surface area contributed by atoms with Crippen LogP contribution in [0.2, 0.25) is 0 Å². The van der Waals surface area contributed by atoms with Gasteiger partial charge in [0.2, 0.25) is 0 Å². The quantitative estimate of drug-likeness (QED) is 0.166. The van der Waals surface area contributed by atoms with Gasteiger partial charge in [-0.2, -0.15) is 0 Å². The van der Waals surface area contributed by atoms with Crippen LogP contribution in [-0.2, 0) is 0 Å². The lowest BCUT2D eigenvalue weighted by atomic mass is 9.98. The highest BCUT2D eigenvalue weighted by Gasteiger charge is 2.18. The minimum atomic E-state index is 0.577. The molecular weight excluding hydrogens is 671 g/mol. The Balaban J connectivity index is 1.10. The highest BCUT2D eigenvalue weighted by Crippen LogP contribution is 2.39. The summed E-state index contributed by atoms with van der Waals surface area (Å²) in [4.78, 5) is 15.4. The minimum absolute atomic E-state index is 0.577. The van der Waals surface area contributed by atoms with Crippen LogP contribution in [0, 0.1) is 0 Å². The number of hydrogen-bond acceptors (Lipinski definition) is 4. The van der Waals surface area contributed by atoms with E-state index in [1.54, 1.807) is 0 Å². The van der Waals surface area contributed by atoms with Crippen molar-refractivity contribution in [3.63, 3.8) is 0 Å². The summed E-state index contributed by atoms with van der Waals surface area (Å²) in [5.74, 6) is 1.78. The SMILES string of the molecule is c1ccc(-c2cccc(-c3ccc(-c4nc(-c5ccc6c(c5)oc5cccc(-c7ccccc7)c56)nc(-c5ccccc5-c5ccccc5)n4)cc3)c2)cc1. The second-order valence-electron chi connectivity index (χ2n) is 13.6. The van der Waals surface area contributed by atoms with Crippen LogP contribution in [0.4, 0.5) is 0 Å². The maximum Gasteiger partial charge on any atom is 0.164 e. The third-order valence-electron chi connectivity index (χ3n) is 10.2. The standard InChI is InChI=1S/C51H33N3O/c1-4-14-34(15-5-1)39-20-12-21-40(32-39)35-26-28-38(29-27-35)49-52-50(54-51(53-49)44-23-11-10-22-42(44)36-16-6-2-7-17-36)41-30-31-45-47(33-41)55-46-25-13-24-43(48(45)46)37-18-8-3-9-19-37/h1-33H. The highest BCUT2D eigenvalue weighted by molar-refractivity contribution is 6.13. The molecule has 0 radical (unpaired) electrons. The molecule has 0 aliphatic heterocycles. The third kappa shape index (κ3) is 6.16. The Morgan fingerprint density at radius 1 is 0.273 bits per heavy atom. The van der Waals surface area contributed by atoms with Crippen LogP contribution in [0.25, 0.3) is 101 Å². The molecule has 55 heavy (non-hydrogen) atoms. The molecule has 8 aromatic carbocycles. The van der Waals surface area contributed by atoms with E-state index in [-0.39, 0.29) is 0 Å². The molecule has 0 spiro atoms. The second-order valence-corrected chi connectivity index (χ2v) is 13.6. The van der Waals surface area contributed by atoms with Crippen molar-refractivity contribution >= 4 is 21.9 Å². The Bertz CT molecular complexity index is 2950. The summed E-state index contributed by atoms with van der Waals surface area (Å²) in [5.41, 5.74) is 13.4. The van der Waals surface area contributed by atoms with Crippen molar-refractivity contribution in [1.82, 2.24) is 15.0 Å². The molecule has 4 heteroatoms. The second kappa shape index (κ2) is 13.8. The Morgan fingerprint density at radius 2 is 0.745 bits per heavy atom. The maximum atomic E-state index is 6.50. The average Bonchev–Trinajstić information content (AvgIpc) is 3.66. The number of rotatable bonds is 7. The van der Waals surface area contributed by atoms with Gasteiger partial charge in [0.1, 0.15) is 11.2 Å². The van der Waals surface area contributed by atoms with Crippen LogP contribution in [0.15, 0.2) is 205 Å². The van der Waals surface area contributed by atoms with Crippen molar-refractivity contribution in [1.29, 1.82) is 0 Å². The third-order valence-corrected chi connectivity index (χ3v) is 10.2. The molecule has 0 saturated carbocycles. The van der Waals surface area contributed by atoms with Gasteiger partial charge in [-0.1, -0.05) is 176 Å². The Hall–Kier alpha value is -7.43. The van der Waals surface area contributed by atoms with Crippen molar-refractivity contribution < 1.29 is 4.42 Å². The average molecular weight is 704 g/mol. The topological polar surface area (TPSA) is 51.8 Å². The molecule has 0 bridgehead atoms. The summed E-state index contributed by atoms with van der Waals surface area (Å²) in [5, 5.41) is 2.15. The summed E-state index contributed by atoms with van der Waals surface area (Å²) in [6.45, 7) is 0. The zero-order chi connectivity index (χ0) is 36.6. The lowest BCUT2D eigenvalue weighted by Crippen LogP contribution is -2.01. The van der Waals surface area contributed by atoms with Crippen molar-refractivity contribution in [3.05, 3.63) is 200 Å². The molecule has 0 N–H and O–H groups in total. The number of benzene rings is 8. The van der Waals surface area contributed by atoms with Crippen molar-refractivity contribution in [3.8, 4) is 78.7 Å².